The topological polar surface area (TPSA) is 51.0 Å². The second-order valence-corrected chi connectivity index (χ2v) is 8.63. The van der Waals surface area contributed by atoms with Gasteiger partial charge in [0.15, 0.2) is 11.0 Å². The fraction of sp³-hybridized carbons (Fsp3) is 0.350. The van der Waals surface area contributed by atoms with Crippen molar-refractivity contribution in [1.29, 1.82) is 0 Å². The number of aryl methyl sites for hydroxylation is 1. The van der Waals surface area contributed by atoms with Crippen LogP contribution < -0.4 is 0 Å². The molecule has 4 rings (SSSR count). The van der Waals surface area contributed by atoms with Gasteiger partial charge in [-0.2, -0.15) is 0 Å². The maximum atomic E-state index is 12.8. The highest BCUT2D eigenvalue weighted by Gasteiger charge is 2.26. The predicted molar refractivity (Wildman–Crippen MR) is 110 cm³/mol. The van der Waals surface area contributed by atoms with E-state index in [9.17, 15) is 4.79 Å². The third kappa shape index (κ3) is 3.66. The lowest BCUT2D eigenvalue weighted by Gasteiger charge is -2.33. The third-order valence-corrected chi connectivity index (χ3v) is 6.97. The van der Waals surface area contributed by atoms with E-state index >= 15 is 0 Å². The molecule has 0 bridgehead atoms. The van der Waals surface area contributed by atoms with E-state index in [2.05, 4.69) is 34.5 Å². The number of fused-ring (bicyclic) bond motifs is 1. The first-order valence-corrected chi connectivity index (χ1v) is 10.9. The molecule has 1 amide bonds. The fourth-order valence-corrected chi connectivity index (χ4v) is 5.17. The summed E-state index contributed by atoms with van der Waals surface area (Å²) in [6, 6.07) is 12.7. The largest absolute Gasteiger partial charge is 0.338 e. The minimum atomic E-state index is 0.127. The molecule has 0 fully saturated rings. The first-order valence-electron chi connectivity index (χ1n) is 9.04. The van der Waals surface area contributed by atoms with Gasteiger partial charge < -0.3 is 9.47 Å². The van der Waals surface area contributed by atoms with Gasteiger partial charge >= 0.3 is 0 Å². The molecule has 2 aromatic heterocycles. The average molecular weight is 399 g/mol. The zero-order valence-electron chi connectivity index (χ0n) is 15.5. The first kappa shape index (κ1) is 18.3. The lowest BCUT2D eigenvalue weighted by atomic mass is 9.87. The van der Waals surface area contributed by atoms with Gasteiger partial charge in [0.05, 0.1) is 16.7 Å². The van der Waals surface area contributed by atoms with E-state index in [1.54, 1.807) is 11.3 Å². The summed E-state index contributed by atoms with van der Waals surface area (Å²) in [5.74, 6) is 1.34. The normalized spacial score (nSPS) is 16.1. The van der Waals surface area contributed by atoms with Crippen LogP contribution in [0.1, 0.15) is 30.0 Å². The number of carbonyl (C=O) groups is 1. The molecule has 3 aromatic rings. The summed E-state index contributed by atoms with van der Waals surface area (Å²) in [6.45, 7) is 0. The van der Waals surface area contributed by atoms with Crippen molar-refractivity contribution in [3.8, 4) is 10.7 Å². The van der Waals surface area contributed by atoms with Gasteiger partial charge in [-0.05, 0) is 41.8 Å². The van der Waals surface area contributed by atoms with Gasteiger partial charge in [-0.25, -0.2) is 0 Å². The third-order valence-electron chi connectivity index (χ3n) is 5.10. The number of nitrogens with zero attached hydrogens (tertiary/aromatic N) is 4. The average Bonchev–Trinajstić information content (AvgIpc) is 3.35. The number of thiophene rings is 1. The van der Waals surface area contributed by atoms with E-state index < -0.39 is 0 Å². The highest BCUT2D eigenvalue weighted by Crippen LogP contribution is 2.34. The van der Waals surface area contributed by atoms with E-state index in [1.165, 1.54) is 22.9 Å². The summed E-state index contributed by atoms with van der Waals surface area (Å²) in [4.78, 5) is 15.8. The summed E-state index contributed by atoms with van der Waals surface area (Å²) in [6.07, 6.45) is 3.25. The Kier molecular flexibility index (Phi) is 5.31. The monoisotopic (exact) mass is 398 g/mol. The van der Waals surface area contributed by atoms with Gasteiger partial charge in [-0.3, -0.25) is 4.79 Å². The molecule has 1 atom stereocenters. The van der Waals surface area contributed by atoms with E-state index in [0.29, 0.717) is 5.75 Å². The van der Waals surface area contributed by atoms with Crippen molar-refractivity contribution in [2.24, 2.45) is 7.05 Å². The lowest BCUT2D eigenvalue weighted by Crippen LogP contribution is -2.34. The molecule has 7 heteroatoms. The van der Waals surface area contributed by atoms with Crippen molar-refractivity contribution < 1.29 is 4.79 Å². The van der Waals surface area contributed by atoms with Crippen LogP contribution in [0, 0.1) is 0 Å². The van der Waals surface area contributed by atoms with E-state index in [4.69, 9.17) is 0 Å². The van der Waals surface area contributed by atoms with Crippen molar-refractivity contribution in [3.63, 3.8) is 0 Å². The maximum Gasteiger partial charge on any atom is 0.233 e. The summed E-state index contributed by atoms with van der Waals surface area (Å²) in [5.41, 5.74) is 2.66. The van der Waals surface area contributed by atoms with Gasteiger partial charge in [0.25, 0.3) is 0 Å². The highest BCUT2D eigenvalue weighted by atomic mass is 32.2. The number of carbonyl (C=O) groups excluding carboxylic acids is 1. The number of thioether (sulfide) groups is 1. The number of benzene rings is 1. The van der Waals surface area contributed by atoms with Crippen LogP contribution in [-0.2, 0) is 18.3 Å². The van der Waals surface area contributed by atoms with Crippen molar-refractivity contribution in [2.75, 3.05) is 12.8 Å². The SMILES string of the molecule is CN(C(=O)CSc1nnc(-c2cccs2)n1C)C1CCCc2ccccc21. The van der Waals surface area contributed by atoms with Crippen molar-refractivity contribution >= 4 is 29.0 Å². The van der Waals surface area contributed by atoms with Crippen LogP contribution in [0.15, 0.2) is 46.9 Å². The number of amides is 1. The number of rotatable bonds is 5. The predicted octanol–water partition coefficient (Wildman–Crippen LogP) is 4.17. The molecule has 140 valence electrons. The van der Waals surface area contributed by atoms with Crippen LogP contribution >= 0.6 is 23.1 Å². The molecule has 0 N–H and O–H groups in total. The summed E-state index contributed by atoms with van der Waals surface area (Å²) in [5, 5.41) is 11.3. The van der Waals surface area contributed by atoms with Crippen molar-refractivity contribution in [2.45, 2.75) is 30.5 Å². The van der Waals surface area contributed by atoms with Crippen LogP contribution in [0.5, 0.6) is 0 Å². The maximum absolute atomic E-state index is 12.8. The minimum Gasteiger partial charge on any atom is -0.338 e. The molecule has 0 saturated carbocycles. The van der Waals surface area contributed by atoms with E-state index in [1.807, 2.05) is 41.1 Å². The Labute approximate surface area is 167 Å². The molecule has 2 heterocycles. The molecule has 1 aromatic carbocycles. The minimum absolute atomic E-state index is 0.127. The Morgan fingerprint density at radius 2 is 2.15 bits per heavy atom. The van der Waals surface area contributed by atoms with E-state index in [-0.39, 0.29) is 11.9 Å². The fourth-order valence-electron chi connectivity index (χ4n) is 3.59. The van der Waals surface area contributed by atoms with Gasteiger partial charge in [-0.1, -0.05) is 42.1 Å². The Bertz CT molecular complexity index is 935. The molecule has 0 saturated heterocycles. The van der Waals surface area contributed by atoms with Crippen LogP contribution in [0.3, 0.4) is 0 Å². The Hall–Kier alpha value is -2.12. The molecular weight excluding hydrogens is 376 g/mol. The van der Waals surface area contributed by atoms with Crippen LogP contribution in [0.2, 0.25) is 0 Å². The van der Waals surface area contributed by atoms with Crippen molar-refractivity contribution in [3.05, 3.63) is 52.9 Å². The van der Waals surface area contributed by atoms with Crippen LogP contribution in [-0.4, -0.2) is 38.4 Å². The summed E-state index contributed by atoms with van der Waals surface area (Å²) in [7, 11) is 3.87. The van der Waals surface area contributed by atoms with Gasteiger partial charge in [0.1, 0.15) is 0 Å². The Morgan fingerprint density at radius 3 is 2.96 bits per heavy atom. The smallest absolute Gasteiger partial charge is 0.233 e. The Morgan fingerprint density at radius 1 is 1.30 bits per heavy atom. The second-order valence-electron chi connectivity index (χ2n) is 6.74. The van der Waals surface area contributed by atoms with Crippen LogP contribution in [0.4, 0.5) is 0 Å². The Balaban J connectivity index is 1.43. The molecule has 5 nitrogen and oxygen atoms in total. The number of hydrogen-bond acceptors (Lipinski definition) is 5. The second kappa shape index (κ2) is 7.86. The van der Waals surface area contributed by atoms with Gasteiger partial charge in [0.2, 0.25) is 5.91 Å². The molecule has 0 aliphatic heterocycles. The standard InChI is InChI=1S/C20H22N4OS2/c1-23(16-10-5-8-14-7-3-4-9-15(14)16)18(25)13-27-20-22-21-19(24(20)2)17-11-6-12-26-17/h3-4,6-7,9,11-12,16H,5,8,10,13H2,1-2H3. The number of hydrogen-bond donors (Lipinski definition) is 0. The molecule has 0 spiro atoms. The highest BCUT2D eigenvalue weighted by molar-refractivity contribution is 7.99. The lowest BCUT2D eigenvalue weighted by molar-refractivity contribution is -0.129. The molecule has 0 radical (unpaired) electrons. The summed E-state index contributed by atoms with van der Waals surface area (Å²) >= 11 is 3.09. The molecular formula is C20H22N4OS2. The van der Waals surface area contributed by atoms with E-state index in [0.717, 1.165) is 35.1 Å². The molecule has 27 heavy (non-hydrogen) atoms. The molecule has 1 aliphatic carbocycles. The zero-order chi connectivity index (χ0) is 18.8. The quantitative estimate of drug-likeness (QED) is 0.605. The number of aromatic nitrogens is 3. The van der Waals surface area contributed by atoms with Gasteiger partial charge in [0, 0.05) is 14.1 Å². The molecule has 1 aliphatic rings. The van der Waals surface area contributed by atoms with Crippen molar-refractivity contribution in [1.82, 2.24) is 19.7 Å². The summed E-state index contributed by atoms with van der Waals surface area (Å²) < 4.78 is 1.96. The molecule has 1 unspecified atom stereocenters. The van der Waals surface area contributed by atoms with Gasteiger partial charge in [-0.15, -0.1) is 21.5 Å². The first-order chi connectivity index (χ1) is 13.1. The van der Waals surface area contributed by atoms with Crippen LogP contribution in [0.25, 0.3) is 10.7 Å². The zero-order valence-corrected chi connectivity index (χ0v) is 17.1.